The molecule has 0 spiro atoms. The summed E-state index contributed by atoms with van der Waals surface area (Å²) in [4.78, 5) is 24.7. The van der Waals surface area contributed by atoms with Gasteiger partial charge in [0.2, 0.25) is 11.9 Å². The Bertz CT molecular complexity index is 611. The molecule has 1 aromatic carbocycles. The van der Waals surface area contributed by atoms with Crippen LogP contribution >= 0.6 is 0 Å². The molecule has 6 heteroatoms. The number of nitrogens with zero attached hydrogens (tertiary/aromatic N) is 4. The highest BCUT2D eigenvalue weighted by Gasteiger charge is 2.20. The zero-order valence-corrected chi connectivity index (χ0v) is 13.1. The van der Waals surface area contributed by atoms with Gasteiger partial charge < -0.3 is 15.1 Å². The van der Waals surface area contributed by atoms with E-state index in [1.54, 1.807) is 18.5 Å². The van der Waals surface area contributed by atoms with Gasteiger partial charge >= 0.3 is 0 Å². The van der Waals surface area contributed by atoms with Crippen molar-refractivity contribution in [2.75, 3.05) is 42.9 Å². The van der Waals surface area contributed by atoms with Crippen LogP contribution in [0.1, 0.15) is 6.42 Å². The van der Waals surface area contributed by atoms with E-state index >= 15 is 0 Å². The lowest BCUT2D eigenvalue weighted by Crippen LogP contribution is -2.49. The van der Waals surface area contributed by atoms with E-state index in [2.05, 4.69) is 32.3 Å². The second-order valence-corrected chi connectivity index (χ2v) is 5.45. The van der Waals surface area contributed by atoms with E-state index in [1.165, 1.54) is 5.69 Å². The molecule has 0 aliphatic carbocycles. The largest absolute Gasteiger partial charge is 0.368 e. The number of hydrogen-bond acceptors (Lipinski definition) is 5. The van der Waals surface area contributed by atoms with E-state index in [0.717, 1.165) is 26.2 Å². The van der Waals surface area contributed by atoms with Crippen LogP contribution in [0.2, 0.25) is 0 Å². The molecule has 1 amide bonds. The molecule has 1 aliphatic rings. The van der Waals surface area contributed by atoms with E-state index in [1.807, 2.05) is 23.1 Å². The minimum Gasteiger partial charge on any atom is -0.368 e. The van der Waals surface area contributed by atoms with Crippen LogP contribution in [0.25, 0.3) is 0 Å². The minimum atomic E-state index is 0.182. The predicted molar refractivity (Wildman–Crippen MR) is 90.4 cm³/mol. The minimum absolute atomic E-state index is 0.182. The van der Waals surface area contributed by atoms with Gasteiger partial charge in [-0.05, 0) is 18.2 Å². The van der Waals surface area contributed by atoms with Crippen molar-refractivity contribution in [1.29, 1.82) is 0 Å². The number of carbonyl (C=O) groups is 1. The Balaban J connectivity index is 1.41. The molecule has 0 unspecified atom stereocenters. The molecular formula is C17H21N5O. The molecule has 0 bridgehead atoms. The third kappa shape index (κ3) is 4.18. The lowest BCUT2D eigenvalue weighted by atomic mass is 10.2. The van der Waals surface area contributed by atoms with Crippen LogP contribution in [0.4, 0.5) is 11.6 Å². The van der Waals surface area contributed by atoms with Gasteiger partial charge in [0, 0.05) is 57.2 Å². The second-order valence-electron chi connectivity index (χ2n) is 5.45. The molecule has 1 saturated heterocycles. The van der Waals surface area contributed by atoms with Crippen molar-refractivity contribution < 1.29 is 4.79 Å². The molecule has 1 fully saturated rings. The number of benzene rings is 1. The van der Waals surface area contributed by atoms with Crippen LogP contribution in [0.15, 0.2) is 48.8 Å². The fourth-order valence-electron chi connectivity index (χ4n) is 2.68. The van der Waals surface area contributed by atoms with Gasteiger partial charge in [-0.2, -0.15) is 0 Å². The fourth-order valence-corrected chi connectivity index (χ4v) is 2.68. The predicted octanol–water partition coefficient (Wildman–Crippen LogP) is 1.63. The Morgan fingerprint density at radius 1 is 1.00 bits per heavy atom. The first-order chi connectivity index (χ1) is 11.3. The van der Waals surface area contributed by atoms with E-state index in [9.17, 15) is 4.79 Å². The first-order valence-corrected chi connectivity index (χ1v) is 7.91. The number of carbonyl (C=O) groups excluding carboxylic acids is 1. The maximum Gasteiger partial charge on any atom is 0.224 e. The summed E-state index contributed by atoms with van der Waals surface area (Å²) in [6.07, 6.45) is 3.82. The van der Waals surface area contributed by atoms with Crippen molar-refractivity contribution in [2.24, 2.45) is 0 Å². The summed E-state index contributed by atoms with van der Waals surface area (Å²) < 4.78 is 0. The number of piperazine rings is 1. The Kier molecular flexibility index (Phi) is 5.03. The smallest absolute Gasteiger partial charge is 0.224 e. The zero-order valence-electron chi connectivity index (χ0n) is 13.1. The summed E-state index contributed by atoms with van der Waals surface area (Å²) in [6, 6.07) is 12.1. The van der Waals surface area contributed by atoms with Crippen LogP contribution < -0.4 is 10.2 Å². The molecule has 0 saturated carbocycles. The number of aromatic nitrogens is 2. The molecule has 3 rings (SSSR count). The number of rotatable bonds is 5. The summed E-state index contributed by atoms with van der Waals surface area (Å²) in [5, 5.41) is 3.07. The third-order valence-corrected chi connectivity index (χ3v) is 3.94. The summed E-state index contributed by atoms with van der Waals surface area (Å²) in [5.74, 6) is 0.746. The van der Waals surface area contributed by atoms with Gasteiger partial charge in [0.1, 0.15) is 0 Å². The lowest BCUT2D eigenvalue weighted by Gasteiger charge is -2.36. The van der Waals surface area contributed by atoms with Crippen LogP contribution in [-0.2, 0) is 4.79 Å². The quantitative estimate of drug-likeness (QED) is 0.909. The molecular weight excluding hydrogens is 290 g/mol. The standard InChI is InChI=1S/C17H21N5O/c23-16(7-10-20-17-18-8-4-9-19-17)22-13-11-21(12-14-22)15-5-2-1-3-6-15/h1-6,8-9H,7,10-14H2,(H,18,19,20). The molecule has 2 heterocycles. The van der Waals surface area contributed by atoms with E-state index in [0.29, 0.717) is 18.9 Å². The van der Waals surface area contributed by atoms with Crippen molar-refractivity contribution in [2.45, 2.75) is 6.42 Å². The number of anilines is 2. The number of nitrogens with one attached hydrogen (secondary N) is 1. The fraction of sp³-hybridized carbons (Fsp3) is 0.353. The van der Waals surface area contributed by atoms with Crippen molar-refractivity contribution >= 4 is 17.5 Å². The lowest BCUT2D eigenvalue weighted by molar-refractivity contribution is -0.131. The normalized spacial score (nSPS) is 14.6. The third-order valence-electron chi connectivity index (χ3n) is 3.94. The van der Waals surface area contributed by atoms with Crippen LogP contribution in [0.3, 0.4) is 0 Å². The van der Waals surface area contributed by atoms with Gasteiger partial charge in [0.25, 0.3) is 0 Å². The highest BCUT2D eigenvalue weighted by atomic mass is 16.2. The summed E-state index contributed by atoms with van der Waals surface area (Å²) >= 11 is 0. The second kappa shape index (κ2) is 7.58. The van der Waals surface area contributed by atoms with Gasteiger partial charge in [0.15, 0.2) is 0 Å². The Labute approximate surface area is 136 Å². The highest BCUT2D eigenvalue weighted by Crippen LogP contribution is 2.15. The van der Waals surface area contributed by atoms with Gasteiger partial charge in [0.05, 0.1) is 0 Å². The Hall–Kier alpha value is -2.63. The van der Waals surface area contributed by atoms with Crippen LogP contribution in [-0.4, -0.2) is 53.5 Å². The van der Waals surface area contributed by atoms with Crippen molar-refractivity contribution in [3.05, 3.63) is 48.8 Å². The van der Waals surface area contributed by atoms with Crippen molar-refractivity contribution in [1.82, 2.24) is 14.9 Å². The molecule has 0 atom stereocenters. The number of amides is 1. The Morgan fingerprint density at radius 3 is 2.39 bits per heavy atom. The van der Waals surface area contributed by atoms with Gasteiger partial charge in [-0.1, -0.05) is 18.2 Å². The molecule has 1 aliphatic heterocycles. The SMILES string of the molecule is O=C(CCNc1ncccn1)N1CCN(c2ccccc2)CC1. The van der Waals surface area contributed by atoms with Gasteiger partial charge in [-0.25, -0.2) is 9.97 Å². The molecule has 2 aromatic rings. The molecule has 23 heavy (non-hydrogen) atoms. The monoisotopic (exact) mass is 311 g/mol. The highest BCUT2D eigenvalue weighted by molar-refractivity contribution is 5.77. The van der Waals surface area contributed by atoms with Crippen molar-refractivity contribution in [3.63, 3.8) is 0 Å². The molecule has 6 nitrogen and oxygen atoms in total. The number of hydrogen-bond donors (Lipinski definition) is 1. The maximum atomic E-state index is 12.3. The van der Waals surface area contributed by atoms with Gasteiger partial charge in [-0.3, -0.25) is 4.79 Å². The van der Waals surface area contributed by atoms with E-state index in [4.69, 9.17) is 0 Å². The number of para-hydroxylation sites is 1. The summed E-state index contributed by atoms with van der Waals surface area (Å²) in [5.41, 5.74) is 1.22. The molecule has 1 N–H and O–H groups in total. The first-order valence-electron chi connectivity index (χ1n) is 7.91. The van der Waals surface area contributed by atoms with Crippen LogP contribution in [0.5, 0.6) is 0 Å². The molecule has 0 radical (unpaired) electrons. The molecule has 120 valence electrons. The van der Waals surface area contributed by atoms with Crippen molar-refractivity contribution in [3.8, 4) is 0 Å². The van der Waals surface area contributed by atoms with E-state index < -0.39 is 0 Å². The Morgan fingerprint density at radius 2 is 1.70 bits per heavy atom. The average molecular weight is 311 g/mol. The topological polar surface area (TPSA) is 61.4 Å². The first kappa shape index (κ1) is 15.3. The summed E-state index contributed by atoms with van der Waals surface area (Å²) in [6.45, 7) is 3.86. The van der Waals surface area contributed by atoms with Crippen LogP contribution in [0, 0.1) is 0 Å². The summed E-state index contributed by atoms with van der Waals surface area (Å²) in [7, 11) is 0. The maximum absolute atomic E-state index is 12.3. The average Bonchev–Trinajstić information content (AvgIpc) is 2.63. The zero-order chi connectivity index (χ0) is 15.9. The van der Waals surface area contributed by atoms with E-state index in [-0.39, 0.29) is 5.91 Å². The molecule has 1 aromatic heterocycles. The van der Waals surface area contributed by atoms with Gasteiger partial charge in [-0.15, -0.1) is 0 Å².